The van der Waals surface area contributed by atoms with Crippen LogP contribution in [-0.2, 0) is 11.2 Å². The van der Waals surface area contributed by atoms with Crippen molar-refractivity contribution < 1.29 is 9.53 Å². The number of aryl methyl sites for hydroxylation is 1. The van der Waals surface area contributed by atoms with Gasteiger partial charge in [-0.05, 0) is 42.3 Å². The molecule has 0 bridgehead atoms. The Morgan fingerprint density at radius 3 is 2.48 bits per heavy atom. The maximum absolute atomic E-state index is 11.5. The minimum absolute atomic E-state index is 0.398. The Kier molecular flexibility index (Phi) is 4.63. The third kappa shape index (κ3) is 3.64. The zero-order valence-electron chi connectivity index (χ0n) is 12.1. The summed E-state index contributed by atoms with van der Waals surface area (Å²) in [4.78, 5) is 11.5. The van der Waals surface area contributed by atoms with Crippen LogP contribution >= 0.6 is 0 Å². The van der Waals surface area contributed by atoms with E-state index in [2.05, 4.69) is 30.9 Å². The van der Waals surface area contributed by atoms with Gasteiger partial charge in [-0.2, -0.15) is 0 Å². The molecule has 0 atom stereocenters. The summed E-state index contributed by atoms with van der Waals surface area (Å²) >= 11 is 0. The number of ether oxygens (including phenoxy) is 1. The molecule has 3 heteroatoms. The predicted molar refractivity (Wildman–Crippen MR) is 84.0 cm³/mol. The van der Waals surface area contributed by atoms with E-state index < -0.39 is 5.97 Å². The highest BCUT2D eigenvalue weighted by Gasteiger charge is 2.06. The molecule has 0 aliphatic heterocycles. The summed E-state index contributed by atoms with van der Waals surface area (Å²) in [6.45, 7) is 2.11. The normalized spacial score (nSPS) is 9.62. The molecule has 0 aromatic heterocycles. The van der Waals surface area contributed by atoms with Gasteiger partial charge in [0, 0.05) is 16.8 Å². The average molecular weight is 279 g/mol. The van der Waals surface area contributed by atoms with Crippen molar-refractivity contribution in [1.29, 1.82) is 0 Å². The molecule has 0 fully saturated rings. The maximum Gasteiger partial charge on any atom is 0.337 e. The van der Waals surface area contributed by atoms with Gasteiger partial charge < -0.3 is 10.5 Å². The summed E-state index contributed by atoms with van der Waals surface area (Å²) in [5.74, 6) is 5.66. The van der Waals surface area contributed by atoms with Crippen LogP contribution < -0.4 is 5.73 Å². The standard InChI is InChI=1S/C18H17NO2/c1-3-13-4-6-14(7-5-13)8-9-15-12-16(18(20)21-2)10-11-17(15)19/h4-7,10-12H,3,19H2,1-2H3. The van der Waals surface area contributed by atoms with Crippen molar-refractivity contribution in [3.63, 3.8) is 0 Å². The maximum atomic E-state index is 11.5. The molecule has 0 saturated heterocycles. The lowest BCUT2D eigenvalue weighted by molar-refractivity contribution is 0.0600. The second-order valence-electron chi connectivity index (χ2n) is 4.59. The van der Waals surface area contributed by atoms with Crippen LogP contribution in [0.15, 0.2) is 42.5 Å². The quantitative estimate of drug-likeness (QED) is 0.522. The first kappa shape index (κ1) is 14.7. The number of esters is 1. The molecular weight excluding hydrogens is 262 g/mol. The van der Waals surface area contributed by atoms with Gasteiger partial charge >= 0.3 is 5.97 Å². The van der Waals surface area contributed by atoms with Crippen molar-refractivity contribution in [1.82, 2.24) is 0 Å². The summed E-state index contributed by atoms with van der Waals surface area (Å²) in [6.07, 6.45) is 1.00. The fourth-order valence-corrected chi connectivity index (χ4v) is 1.87. The smallest absolute Gasteiger partial charge is 0.337 e. The average Bonchev–Trinajstić information content (AvgIpc) is 2.53. The molecule has 3 nitrogen and oxygen atoms in total. The minimum atomic E-state index is -0.398. The van der Waals surface area contributed by atoms with E-state index in [0.717, 1.165) is 12.0 Å². The molecule has 0 saturated carbocycles. The Morgan fingerprint density at radius 1 is 1.14 bits per heavy atom. The molecule has 0 radical (unpaired) electrons. The zero-order chi connectivity index (χ0) is 15.2. The second-order valence-corrected chi connectivity index (χ2v) is 4.59. The first-order valence-electron chi connectivity index (χ1n) is 6.73. The number of hydrogen-bond acceptors (Lipinski definition) is 3. The van der Waals surface area contributed by atoms with E-state index in [0.29, 0.717) is 16.8 Å². The molecule has 21 heavy (non-hydrogen) atoms. The third-order valence-corrected chi connectivity index (χ3v) is 3.18. The SMILES string of the molecule is CCc1ccc(C#Cc2cc(C(=O)OC)ccc2N)cc1. The lowest BCUT2D eigenvalue weighted by atomic mass is 10.1. The molecule has 0 heterocycles. The number of nitrogen functional groups attached to an aromatic ring is 1. The fourth-order valence-electron chi connectivity index (χ4n) is 1.87. The largest absolute Gasteiger partial charge is 0.465 e. The molecule has 2 rings (SSSR count). The van der Waals surface area contributed by atoms with Crippen LogP contribution in [0.2, 0.25) is 0 Å². The Labute approximate surface area is 124 Å². The van der Waals surface area contributed by atoms with Gasteiger partial charge in [-0.25, -0.2) is 4.79 Å². The fraction of sp³-hybridized carbons (Fsp3) is 0.167. The number of methoxy groups -OCH3 is 1. The highest BCUT2D eigenvalue weighted by molar-refractivity contribution is 5.90. The number of hydrogen-bond donors (Lipinski definition) is 1. The van der Waals surface area contributed by atoms with Crippen molar-refractivity contribution in [3.05, 3.63) is 64.7 Å². The van der Waals surface area contributed by atoms with E-state index in [1.807, 2.05) is 12.1 Å². The number of benzene rings is 2. The van der Waals surface area contributed by atoms with Gasteiger partial charge in [0.15, 0.2) is 0 Å². The van der Waals surface area contributed by atoms with Crippen LogP contribution in [-0.4, -0.2) is 13.1 Å². The van der Waals surface area contributed by atoms with Crippen LogP contribution in [0, 0.1) is 11.8 Å². The van der Waals surface area contributed by atoms with E-state index >= 15 is 0 Å². The number of rotatable bonds is 2. The van der Waals surface area contributed by atoms with Crippen molar-refractivity contribution in [3.8, 4) is 11.8 Å². The predicted octanol–water partition coefficient (Wildman–Crippen LogP) is 3.02. The van der Waals surface area contributed by atoms with E-state index in [4.69, 9.17) is 10.5 Å². The van der Waals surface area contributed by atoms with Gasteiger partial charge in [0.25, 0.3) is 0 Å². The molecular formula is C18H17NO2. The Balaban J connectivity index is 2.30. The zero-order valence-corrected chi connectivity index (χ0v) is 12.1. The van der Waals surface area contributed by atoms with E-state index in [-0.39, 0.29) is 0 Å². The summed E-state index contributed by atoms with van der Waals surface area (Å²) in [6, 6.07) is 13.0. The van der Waals surface area contributed by atoms with E-state index in [9.17, 15) is 4.79 Å². The van der Waals surface area contributed by atoms with E-state index in [1.54, 1.807) is 18.2 Å². The monoisotopic (exact) mass is 279 g/mol. The number of carbonyl (C=O) groups is 1. The molecule has 0 unspecified atom stereocenters. The first-order chi connectivity index (χ1) is 10.1. The Morgan fingerprint density at radius 2 is 1.86 bits per heavy atom. The second kappa shape index (κ2) is 6.62. The molecule has 106 valence electrons. The summed E-state index contributed by atoms with van der Waals surface area (Å²) < 4.78 is 4.69. The van der Waals surface area contributed by atoms with Gasteiger partial charge in [0.2, 0.25) is 0 Å². The lowest BCUT2D eigenvalue weighted by Crippen LogP contribution is -2.02. The molecule has 2 N–H and O–H groups in total. The highest BCUT2D eigenvalue weighted by atomic mass is 16.5. The van der Waals surface area contributed by atoms with Crippen LogP contribution in [0.3, 0.4) is 0 Å². The lowest BCUT2D eigenvalue weighted by Gasteiger charge is -2.02. The Bertz CT molecular complexity index is 706. The molecule has 2 aromatic carbocycles. The summed E-state index contributed by atoms with van der Waals surface area (Å²) in [5, 5.41) is 0. The van der Waals surface area contributed by atoms with Gasteiger partial charge in [-0.15, -0.1) is 0 Å². The first-order valence-corrected chi connectivity index (χ1v) is 6.73. The Hall–Kier alpha value is -2.73. The van der Waals surface area contributed by atoms with Crippen LogP contribution in [0.5, 0.6) is 0 Å². The van der Waals surface area contributed by atoms with Gasteiger partial charge in [0.1, 0.15) is 0 Å². The molecule has 0 amide bonds. The van der Waals surface area contributed by atoms with Crippen molar-refractivity contribution >= 4 is 11.7 Å². The van der Waals surface area contributed by atoms with Crippen molar-refractivity contribution in [2.24, 2.45) is 0 Å². The molecule has 0 spiro atoms. The number of carbonyl (C=O) groups excluding carboxylic acids is 1. The highest BCUT2D eigenvalue weighted by Crippen LogP contribution is 2.14. The van der Waals surface area contributed by atoms with Crippen LogP contribution in [0.1, 0.15) is 34.0 Å². The molecule has 2 aromatic rings. The summed E-state index contributed by atoms with van der Waals surface area (Å²) in [5.41, 5.74) is 9.68. The van der Waals surface area contributed by atoms with Gasteiger partial charge in [-0.1, -0.05) is 30.9 Å². The van der Waals surface area contributed by atoms with Crippen molar-refractivity contribution in [2.75, 3.05) is 12.8 Å². The minimum Gasteiger partial charge on any atom is -0.465 e. The van der Waals surface area contributed by atoms with Crippen LogP contribution in [0.25, 0.3) is 0 Å². The molecule has 0 aliphatic rings. The van der Waals surface area contributed by atoms with Crippen LogP contribution in [0.4, 0.5) is 5.69 Å². The topological polar surface area (TPSA) is 52.3 Å². The van der Waals surface area contributed by atoms with Crippen molar-refractivity contribution in [2.45, 2.75) is 13.3 Å². The third-order valence-electron chi connectivity index (χ3n) is 3.18. The van der Waals surface area contributed by atoms with E-state index in [1.165, 1.54) is 12.7 Å². The molecule has 0 aliphatic carbocycles. The summed E-state index contributed by atoms with van der Waals surface area (Å²) in [7, 11) is 1.35. The van der Waals surface area contributed by atoms with Gasteiger partial charge in [0.05, 0.1) is 12.7 Å². The van der Waals surface area contributed by atoms with Gasteiger partial charge in [-0.3, -0.25) is 0 Å². The number of nitrogens with two attached hydrogens (primary N) is 1. The number of anilines is 1.